The molecule has 1 aliphatic rings. The molecule has 0 saturated carbocycles. The summed E-state index contributed by atoms with van der Waals surface area (Å²) in [5.41, 5.74) is 6.35. The zero-order valence-electron chi connectivity index (χ0n) is 12.9. The fourth-order valence-corrected chi connectivity index (χ4v) is 5.06. The van der Waals surface area contributed by atoms with Gasteiger partial charge in [-0.25, -0.2) is 4.98 Å². The molecule has 1 aliphatic heterocycles. The van der Waals surface area contributed by atoms with Gasteiger partial charge >= 0.3 is 0 Å². The molecule has 2 unspecified atom stereocenters. The van der Waals surface area contributed by atoms with Crippen LogP contribution in [0.2, 0.25) is 0 Å². The minimum Gasteiger partial charge on any atom is -0.369 e. The minimum atomic E-state index is -0.311. The predicted octanol–water partition coefficient (Wildman–Crippen LogP) is 2.50. The summed E-state index contributed by atoms with van der Waals surface area (Å²) >= 11 is 3.08. The van der Waals surface area contributed by atoms with Gasteiger partial charge < -0.3 is 10.6 Å². The van der Waals surface area contributed by atoms with Crippen LogP contribution in [0.5, 0.6) is 0 Å². The van der Waals surface area contributed by atoms with Gasteiger partial charge in [-0.05, 0) is 31.9 Å². The molecule has 1 fully saturated rings. The van der Waals surface area contributed by atoms with Crippen LogP contribution in [0.4, 0.5) is 0 Å². The maximum atomic E-state index is 12.6. The van der Waals surface area contributed by atoms with Gasteiger partial charge in [-0.15, -0.1) is 11.3 Å². The number of rotatable bonds is 4. The van der Waals surface area contributed by atoms with E-state index in [2.05, 4.69) is 4.98 Å². The van der Waals surface area contributed by atoms with Crippen molar-refractivity contribution in [3.8, 4) is 0 Å². The van der Waals surface area contributed by atoms with Gasteiger partial charge in [0.1, 0.15) is 0 Å². The van der Waals surface area contributed by atoms with Crippen molar-refractivity contribution in [3.63, 3.8) is 0 Å². The number of piperidine rings is 1. The third-order valence-corrected chi connectivity index (χ3v) is 6.25. The van der Waals surface area contributed by atoms with E-state index >= 15 is 0 Å². The van der Waals surface area contributed by atoms with Crippen LogP contribution in [0.25, 0.3) is 10.2 Å². The van der Waals surface area contributed by atoms with Crippen LogP contribution in [0.1, 0.15) is 19.8 Å². The van der Waals surface area contributed by atoms with Gasteiger partial charge in [0.25, 0.3) is 0 Å². The molecular formula is C16H19N3O2S2. The second-order valence-corrected chi connectivity index (χ2v) is 8.35. The Balaban J connectivity index is 1.66. The molecule has 2 heterocycles. The number of primary amides is 1. The zero-order chi connectivity index (χ0) is 16.4. The van der Waals surface area contributed by atoms with Gasteiger partial charge in [0.2, 0.25) is 11.8 Å². The summed E-state index contributed by atoms with van der Waals surface area (Å²) in [6.07, 6.45) is 1.61. The molecule has 2 N–H and O–H groups in total. The molecule has 0 spiro atoms. The smallest absolute Gasteiger partial charge is 0.235 e. The number of nitrogens with zero attached hydrogens (tertiary/aromatic N) is 2. The van der Waals surface area contributed by atoms with Crippen LogP contribution in [0.15, 0.2) is 28.6 Å². The van der Waals surface area contributed by atoms with Crippen molar-refractivity contribution in [2.75, 3.05) is 13.1 Å². The molecule has 1 saturated heterocycles. The van der Waals surface area contributed by atoms with Crippen molar-refractivity contribution in [2.45, 2.75) is 29.4 Å². The van der Waals surface area contributed by atoms with Gasteiger partial charge in [0, 0.05) is 13.1 Å². The number of benzene rings is 1. The third kappa shape index (κ3) is 3.67. The van der Waals surface area contributed by atoms with Crippen LogP contribution in [0.3, 0.4) is 0 Å². The molecule has 1 aromatic carbocycles. The molecule has 122 valence electrons. The van der Waals surface area contributed by atoms with E-state index in [0.29, 0.717) is 13.1 Å². The van der Waals surface area contributed by atoms with Gasteiger partial charge in [0.05, 0.1) is 21.4 Å². The number of hydrogen-bond acceptors (Lipinski definition) is 5. The third-order valence-electron chi connectivity index (χ3n) is 4.04. The van der Waals surface area contributed by atoms with Crippen LogP contribution in [-0.4, -0.2) is 40.0 Å². The summed E-state index contributed by atoms with van der Waals surface area (Å²) in [4.78, 5) is 30.3. The first-order valence-electron chi connectivity index (χ1n) is 7.65. The Morgan fingerprint density at radius 3 is 2.96 bits per heavy atom. The van der Waals surface area contributed by atoms with E-state index in [4.69, 9.17) is 5.73 Å². The maximum absolute atomic E-state index is 12.6. The topological polar surface area (TPSA) is 76.3 Å². The number of thiazole rings is 1. The molecule has 0 aliphatic carbocycles. The standard InChI is InChI=1S/C16H19N3O2S2/c1-10(15(21)19-8-4-5-11(9-19)14(17)20)22-16-18-12-6-2-3-7-13(12)23-16/h2-3,6-7,10-11H,4-5,8-9H2,1H3,(H2,17,20). The second-order valence-electron chi connectivity index (χ2n) is 5.73. The number of aromatic nitrogens is 1. The number of fused-ring (bicyclic) bond motifs is 1. The van der Waals surface area contributed by atoms with Crippen molar-refractivity contribution >= 4 is 45.1 Å². The molecule has 0 radical (unpaired) electrons. The lowest BCUT2D eigenvalue weighted by molar-refractivity contribution is -0.134. The van der Waals surface area contributed by atoms with Gasteiger partial charge in [-0.1, -0.05) is 23.9 Å². The van der Waals surface area contributed by atoms with E-state index in [1.165, 1.54) is 11.8 Å². The Kier molecular flexibility index (Phi) is 4.87. The Bertz CT molecular complexity index is 698. The molecule has 2 atom stereocenters. The van der Waals surface area contributed by atoms with E-state index in [1.54, 1.807) is 16.2 Å². The first kappa shape index (κ1) is 16.3. The molecule has 2 aromatic rings. The van der Waals surface area contributed by atoms with E-state index in [-0.39, 0.29) is 23.0 Å². The molecule has 1 aromatic heterocycles. The number of para-hydroxylation sites is 1. The average molecular weight is 349 g/mol. The van der Waals surface area contributed by atoms with Crippen molar-refractivity contribution in [2.24, 2.45) is 11.7 Å². The maximum Gasteiger partial charge on any atom is 0.235 e. The molecule has 0 bridgehead atoms. The van der Waals surface area contributed by atoms with Crippen molar-refractivity contribution < 1.29 is 9.59 Å². The van der Waals surface area contributed by atoms with Crippen molar-refractivity contribution in [3.05, 3.63) is 24.3 Å². The Labute approximate surface area is 143 Å². The summed E-state index contributed by atoms with van der Waals surface area (Å²) in [5.74, 6) is -0.471. The molecule has 2 amide bonds. The summed E-state index contributed by atoms with van der Waals surface area (Å²) in [5, 5.41) is -0.220. The summed E-state index contributed by atoms with van der Waals surface area (Å²) in [6.45, 7) is 3.04. The molecule has 3 rings (SSSR count). The number of carbonyl (C=O) groups excluding carboxylic acids is 2. The average Bonchev–Trinajstić information content (AvgIpc) is 2.96. The van der Waals surface area contributed by atoms with Crippen molar-refractivity contribution in [1.29, 1.82) is 0 Å². The minimum absolute atomic E-state index is 0.0557. The number of carbonyl (C=O) groups is 2. The fraction of sp³-hybridized carbons (Fsp3) is 0.438. The van der Waals surface area contributed by atoms with Crippen LogP contribution in [0, 0.1) is 5.92 Å². The zero-order valence-corrected chi connectivity index (χ0v) is 14.5. The lowest BCUT2D eigenvalue weighted by Crippen LogP contribution is -2.46. The number of hydrogen-bond donors (Lipinski definition) is 1. The highest BCUT2D eigenvalue weighted by Crippen LogP contribution is 2.33. The second kappa shape index (κ2) is 6.88. The van der Waals surface area contributed by atoms with E-state index in [1.807, 2.05) is 31.2 Å². The van der Waals surface area contributed by atoms with E-state index in [9.17, 15) is 9.59 Å². The van der Waals surface area contributed by atoms with Gasteiger partial charge in [0.15, 0.2) is 4.34 Å². The highest BCUT2D eigenvalue weighted by molar-refractivity contribution is 8.02. The van der Waals surface area contributed by atoms with Crippen LogP contribution >= 0.6 is 23.1 Å². The normalized spacial score (nSPS) is 19.7. The Morgan fingerprint density at radius 1 is 1.43 bits per heavy atom. The number of amides is 2. The first-order chi connectivity index (χ1) is 11.0. The van der Waals surface area contributed by atoms with Crippen molar-refractivity contribution in [1.82, 2.24) is 9.88 Å². The Hall–Kier alpha value is -1.60. The number of thioether (sulfide) groups is 1. The van der Waals surface area contributed by atoms with Crippen LogP contribution in [-0.2, 0) is 9.59 Å². The fourth-order valence-electron chi connectivity index (χ4n) is 2.77. The van der Waals surface area contributed by atoms with Crippen LogP contribution < -0.4 is 5.73 Å². The highest BCUT2D eigenvalue weighted by atomic mass is 32.2. The predicted molar refractivity (Wildman–Crippen MR) is 93.4 cm³/mol. The molecular weight excluding hydrogens is 330 g/mol. The Morgan fingerprint density at radius 2 is 2.22 bits per heavy atom. The van der Waals surface area contributed by atoms with E-state index in [0.717, 1.165) is 27.4 Å². The molecule has 7 heteroatoms. The quantitative estimate of drug-likeness (QED) is 0.861. The highest BCUT2D eigenvalue weighted by Gasteiger charge is 2.30. The summed E-state index contributed by atoms with van der Waals surface area (Å²) in [6, 6.07) is 7.96. The number of likely N-dealkylation sites (tertiary alicyclic amines) is 1. The molecule has 5 nitrogen and oxygen atoms in total. The summed E-state index contributed by atoms with van der Waals surface area (Å²) < 4.78 is 2.02. The molecule has 23 heavy (non-hydrogen) atoms. The first-order valence-corrected chi connectivity index (χ1v) is 9.34. The largest absolute Gasteiger partial charge is 0.369 e. The monoisotopic (exact) mass is 349 g/mol. The van der Waals surface area contributed by atoms with Gasteiger partial charge in [-0.3, -0.25) is 9.59 Å². The lowest BCUT2D eigenvalue weighted by Gasteiger charge is -2.32. The van der Waals surface area contributed by atoms with Gasteiger partial charge in [-0.2, -0.15) is 0 Å². The summed E-state index contributed by atoms with van der Waals surface area (Å²) in [7, 11) is 0. The SMILES string of the molecule is CC(Sc1nc2ccccc2s1)C(=O)N1CCCC(C(N)=O)C1. The lowest BCUT2D eigenvalue weighted by atomic mass is 9.97. The number of nitrogens with two attached hydrogens (primary N) is 1. The van der Waals surface area contributed by atoms with E-state index < -0.39 is 0 Å².